The third-order valence-corrected chi connectivity index (χ3v) is 5.10. The number of hydrogen-bond acceptors (Lipinski definition) is 4. The van der Waals surface area contributed by atoms with Gasteiger partial charge in [-0.25, -0.2) is 0 Å². The quantitative estimate of drug-likeness (QED) is 0.670. The number of carbonyl (C=O) groups excluding carboxylic acids is 2. The molecule has 7 nitrogen and oxygen atoms in total. The highest BCUT2D eigenvalue weighted by atomic mass is 16.3. The summed E-state index contributed by atoms with van der Waals surface area (Å²) in [4.78, 5) is 26.5. The molecule has 0 saturated carbocycles. The summed E-state index contributed by atoms with van der Waals surface area (Å²) in [6.07, 6.45) is 2.70. The van der Waals surface area contributed by atoms with Gasteiger partial charge in [-0.3, -0.25) is 14.5 Å². The second-order valence-electron chi connectivity index (χ2n) is 7.13. The number of fused-ring (bicyclic) bond motifs is 1. The van der Waals surface area contributed by atoms with Gasteiger partial charge in [0.2, 0.25) is 11.8 Å². The summed E-state index contributed by atoms with van der Waals surface area (Å²) in [7, 11) is 2.02. The molecular formula is C20H28N4O3. The first-order valence-corrected chi connectivity index (χ1v) is 9.47. The minimum absolute atomic E-state index is 0.00338. The van der Waals surface area contributed by atoms with Crippen molar-refractivity contribution in [3.05, 3.63) is 36.0 Å². The molecule has 2 aromatic rings. The van der Waals surface area contributed by atoms with Crippen molar-refractivity contribution in [3.63, 3.8) is 0 Å². The number of aromatic nitrogens is 1. The van der Waals surface area contributed by atoms with Crippen LogP contribution < -0.4 is 10.6 Å². The molecule has 1 aliphatic rings. The number of likely N-dealkylation sites (tertiary alicyclic amines) is 1. The first-order chi connectivity index (χ1) is 13.0. The number of hydrogen-bond donors (Lipinski definition) is 3. The molecule has 146 valence electrons. The number of nitrogens with zero attached hydrogens (tertiary/aromatic N) is 2. The number of likely N-dealkylation sites (N-methyl/N-ethyl adjacent to an activating group) is 1. The van der Waals surface area contributed by atoms with Gasteiger partial charge in [-0.05, 0) is 36.4 Å². The largest absolute Gasteiger partial charge is 0.396 e. The minimum atomic E-state index is -0.270. The molecule has 0 spiro atoms. The lowest BCUT2D eigenvalue weighted by atomic mass is 10.1. The molecule has 1 aromatic carbocycles. The van der Waals surface area contributed by atoms with E-state index in [0.29, 0.717) is 26.1 Å². The molecule has 2 amide bonds. The van der Waals surface area contributed by atoms with Crippen LogP contribution in [0, 0.1) is 0 Å². The van der Waals surface area contributed by atoms with Crippen molar-refractivity contribution in [2.24, 2.45) is 7.05 Å². The van der Waals surface area contributed by atoms with Gasteiger partial charge in [0.05, 0.1) is 12.6 Å². The van der Waals surface area contributed by atoms with Crippen LogP contribution in [0.4, 0.5) is 0 Å². The van der Waals surface area contributed by atoms with E-state index < -0.39 is 0 Å². The molecule has 1 saturated heterocycles. The SMILES string of the molecule is CCNC(=O)[C@@H]1C[C@@H](NC(=O)CCO)CN1Cc1ccc2ccn(C)c2c1. The molecule has 27 heavy (non-hydrogen) atoms. The number of aliphatic hydroxyl groups is 1. The molecule has 1 aliphatic heterocycles. The van der Waals surface area contributed by atoms with Crippen LogP contribution in [-0.4, -0.2) is 58.2 Å². The van der Waals surface area contributed by atoms with Crippen LogP contribution in [-0.2, 0) is 23.2 Å². The first kappa shape index (κ1) is 19.4. The minimum Gasteiger partial charge on any atom is -0.396 e. The van der Waals surface area contributed by atoms with Gasteiger partial charge in [0, 0.05) is 50.9 Å². The third kappa shape index (κ3) is 4.48. The predicted octanol–water partition coefficient (Wildman–Crippen LogP) is 0.756. The monoisotopic (exact) mass is 372 g/mol. The molecule has 7 heteroatoms. The highest BCUT2D eigenvalue weighted by Gasteiger charge is 2.37. The number of carbonyl (C=O) groups is 2. The highest BCUT2D eigenvalue weighted by Crippen LogP contribution is 2.23. The van der Waals surface area contributed by atoms with Gasteiger partial charge in [-0.2, -0.15) is 0 Å². The maximum absolute atomic E-state index is 12.5. The molecule has 2 heterocycles. The van der Waals surface area contributed by atoms with Crippen LogP contribution in [0.25, 0.3) is 10.9 Å². The first-order valence-electron chi connectivity index (χ1n) is 9.47. The number of amides is 2. The van der Waals surface area contributed by atoms with Crippen molar-refractivity contribution in [2.45, 2.75) is 38.4 Å². The standard InChI is InChI=1S/C20H28N4O3/c1-3-21-20(27)18-11-16(22-19(26)7-9-25)13-24(18)12-14-4-5-15-6-8-23(2)17(15)10-14/h4-6,8,10,16,18,25H,3,7,9,11-13H2,1-2H3,(H,21,27)(H,22,26)/t16-,18+/m1/s1. The third-order valence-electron chi connectivity index (χ3n) is 5.10. The van der Waals surface area contributed by atoms with Gasteiger partial charge in [0.25, 0.3) is 0 Å². The van der Waals surface area contributed by atoms with E-state index in [1.807, 2.05) is 20.2 Å². The Hall–Kier alpha value is -2.38. The van der Waals surface area contributed by atoms with Crippen LogP contribution in [0.5, 0.6) is 0 Å². The Kier molecular flexibility index (Phi) is 6.13. The molecule has 0 radical (unpaired) electrons. The molecule has 0 bridgehead atoms. The second-order valence-corrected chi connectivity index (χ2v) is 7.13. The van der Waals surface area contributed by atoms with Crippen LogP contribution in [0.1, 0.15) is 25.3 Å². The van der Waals surface area contributed by atoms with Crippen LogP contribution in [0.3, 0.4) is 0 Å². The molecule has 0 unspecified atom stereocenters. The van der Waals surface area contributed by atoms with E-state index in [0.717, 1.165) is 11.1 Å². The van der Waals surface area contributed by atoms with Gasteiger partial charge in [0.15, 0.2) is 0 Å². The van der Waals surface area contributed by atoms with E-state index in [9.17, 15) is 9.59 Å². The van der Waals surface area contributed by atoms with Crippen molar-refractivity contribution in [1.29, 1.82) is 0 Å². The van der Waals surface area contributed by atoms with E-state index >= 15 is 0 Å². The number of aryl methyl sites for hydroxylation is 1. The lowest BCUT2D eigenvalue weighted by Gasteiger charge is -2.23. The molecule has 1 aromatic heterocycles. The molecule has 3 rings (SSSR count). The molecule has 3 N–H and O–H groups in total. The Labute approximate surface area is 159 Å². The van der Waals surface area contributed by atoms with Crippen molar-refractivity contribution in [1.82, 2.24) is 20.1 Å². The smallest absolute Gasteiger partial charge is 0.237 e. The second kappa shape index (κ2) is 8.54. The fraction of sp³-hybridized carbons (Fsp3) is 0.500. The van der Waals surface area contributed by atoms with Gasteiger partial charge >= 0.3 is 0 Å². The maximum atomic E-state index is 12.5. The summed E-state index contributed by atoms with van der Waals surface area (Å²) in [5.41, 5.74) is 2.30. The van der Waals surface area contributed by atoms with Gasteiger partial charge < -0.3 is 20.3 Å². The summed E-state index contributed by atoms with van der Waals surface area (Å²) in [5.74, 6) is -0.180. The normalized spacial score (nSPS) is 20.1. The molecular weight excluding hydrogens is 344 g/mol. The van der Waals surface area contributed by atoms with E-state index in [4.69, 9.17) is 5.11 Å². The average Bonchev–Trinajstić information content (AvgIpc) is 3.19. The number of rotatable bonds is 7. The highest BCUT2D eigenvalue weighted by molar-refractivity contribution is 5.83. The predicted molar refractivity (Wildman–Crippen MR) is 104 cm³/mol. The zero-order valence-electron chi connectivity index (χ0n) is 15.9. The van der Waals surface area contributed by atoms with Crippen molar-refractivity contribution in [2.75, 3.05) is 19.7 Å². The van der Waals surface area contributed by atoms with E-state index in [1.165, 1.54) is 5.39 Å². The Morgan fingerprint density at radius 3 is 2.85 bits per heavy atom. The van der Waals surface area contributed by atoms with Crippen LogP contribution in [0.2, 0.25) is 0 Å². The van der Waals surface area contributed by atoms with Gasteiger partial charge in [0.1, 0.15) is 0 Å². The summed E-state index contributed by atoms with van der Waals surface area (Å²) >= 11 is 0. The fourth-order valence-electron chi connectivity index (χ4n) is 3.79. The van der Waals surface area contributed by atoms with E-state index in [2.05, 4.69) is 44.4 Å². The van der Waals surface area contributed by atoms with Gasteiger partial charge in [-0.1, -0.05) is 12.1 Å². The Morgan fingerprint density at radius 2 is 2.11 bits per heavy atom. The summed E-state index contributed by atoms with van der Waals surface area (Å²) in [5, 5.41) is 15.9. The summed E-state index contributed by atoms with van der Waals surface area (Å²) < 4.78 is 2.09. The Balaban J connectivity index is 1.75. The fourth-order valence-corrected chi connectivity index (χ4v) is 3.79. The van der Waals surface area contributed by atoms with Crippen molar-refractivity contribution < 1.29 is 14.7 Å². The lowest BCUT2D eigenvalue weighted by Crippen LogP contribution is -2.42. The van der Waals surface area contributed by atoms with Crippen molar-refractivity contribution in [3.8, 4) is 0 Å². The van der Waals surface area contributed by atoms with Crippen molar-refractivity contribution >= 4 is 22.7 Å². The summed E-state index contributed by atoms with van der Waals surface area (Å²) in [6, 6.07) is 8.07. The van der Waals surface area contributed by atoms with E-state index in [-0.39, 0.29) is 36.9 Å². The van der Waals surface area contributed by atoms with Gasteiger partial charge in [-0.15, -0.1) is 0 Å². The molecule has 1 fully saturated rings. The average molecular weight is 372 g/mol. The molecule has 0 aliphatic carbocycles. The molecule has 2 atom stereocenters. The zero-order chi connectivity index (χ0) is 19.4. The van der Waals surface area contributed by atoms with Crippen LogP contribution >= 0.6 is 0 Å². The Bertz CT molecular complexity index is 817. The van der Waals surface area contributed by atoms with Crippen LogP contribution in [0.15, 0.2) is 30.5 Å². The lowest BCUT2D eigenvalue weighted by molar-refractivity contribution is -0.126. The van der Waals surface area contributed by atoms with E-state index in [1.54, 1.807) is 0 Å². The number of nitrogens with one attached hydrogen (secondary N) is 2. The summed E-state index contributed by atoms with van der Waals surface area (Å²) in [6.45, 7) is 3.58. The number of benzene rings is 1. The zero-order valence-corrected chi connectivity index (χ0v) is 15.9. The maximum Gasteiger partial charge on any atom is 0.237 e. The number of aliphatic hydroxyl groups excluding tert-OH is 1. The Morgan fingerprint density at radius 1 is 1.30 bits per heavy atom. The topological polar surface area (TPSA) is 86.6 Å².